The van der Waals surface area contributed by atoms with Gasteiger partial charge in [-0.25, -0.2) is 9.97 Å². The zero-order valence-corrected chi connectivity index (χ0v) is 14.4. The lowest BCUT2D eigenvalue weighted by molar-refractivity contribution is 1.06. The second-order valence-corrected chi connectivity index (χ2v) is 6.30. The molecule has 4 heteroatoms. The molecule has 0 unspecified atom stereocenters. The zero-order chi connectivity index (χ0) is 18.2. The third-order valence-corrected chi connectivity index (χ3v) is 4.71. The molecule has 0 saturated heterocycles. The second kappa shape index (κ2) is 6.08. The van der Waals surface area contributed by atoms with Crippen LogP contribution in [0.5, 0.6) is 0 Å². The van der Waals surface area contributed by atoms with Gasteiger partial charge in [0.25, 0.3) is 0 Å². The number of nitriles is 1. The van der Waals surface area contributed by atoms with E-state index in [-0.39, 0.29) is 0 Å². The van der Waals surface area contributed by atoms with Crippen LogP contribution in [0.4, 0.5) is 0 Å². The van der Waals surface area contributed by atoms with Crippen molar-refractivity contribution in [2.75, 3.05) is 0 Å². The molecular formula is C23H14N4. The van der Waals surface area contributed by atoms with E-state index >= 15 is 0 Å². The van der Waals surface area contributed by atoms with Crippen LogP contribution in [0.1, 0.15) is 5.56 Å². The van der Waals surface area contributed by atoms with Gasteiger partial charge in [-0.1, -0.05) is 36.4 Å². The van der Waals surface area contributed by atoms with E-state index in [2.05, 4.69) is 33.8 Å². The predicted octanol–water partition coefficient (Wildman–Crippen LogP) is 5.11. The van der Waals surface area contributed by atoms with Gasteiger partial charge in [-0.2, -0.15) is 5.26 Å². The first-order valence-corrected chi connectivity index (χ1v) is 8.67. The van der Waals surface area contributed by atoms with E-state index in [9.17, 15) is 0 Å². The molecule has 27 heavy (non-hydrogen) atoms. The molecule has 4 nitrogen and oxygen atoms in total. The summed E-state index contributed by atoms with van der Waals surface area (Å²) in [6, 6.07) is 27.9. The number of hydrogen-bond acceptors (Lipinski definition) is 3. The lowest BCUT2D eigenvalue weighted by atomic mass is 10.1. The Balaban J connectivity index is 1.74. The summed E-state index contributed by atoms with van der Waals surface area (Å²) in [6.45, 7) is 0. The molecule has 0 spiro atoms. The Hall–Kier alpha value is -3.97. The Morgan fingerprint density at radius 1 is 0.778 bits per heavy atom. The van der Waals surface area contributed by atoms with Crippen molar-refractivity contribution in [3.63, 3.8) is 0 Å². The Kier molecular flexibility index (Phi) is 3.44. The van der Waals surface area contributed by atoms with Crippen molar-refractivity contribution in [2.45, 2.75) is 0 Å². The second-order valence-electron chi connectivity index (χ2n) is 6.30. The average Bonchev–Trinajstić information content (AvgIpc) is 3.08. The van der Waals surface area contributed by atoms with Crippen molar-refractivity contribution in [3.05, 3.63) is 90.6 Å². The number of para-hydroxylation sites is 1. The first-order chi connectivity index (χ1) is 13.3. The summed E-state index contributed by atoms with van der Waals surface area (Å²) in [5.41, 5.74) is 4.45. The SMILES string of the molecule is N#Cc1ccc(-c2cccc(-n3c4ccccc4c4cccnc43)n2)cc1. The summed E-state index contributed by atoms with van der Waals surface area (Å²) < 4.78 is 2.10. The van der Waals surface area contributed by atoms with E-state index in [4.69, 9.17) is 10.2 Å². The predicted molar refractivity (Wildman–Crippen MR) is 107 cm³/mol. The van der Waals surface area contributed by atoms with Crippen LogP contribution in [0.2, 0.25) is 0 Å². The standard InChI is InChI=1S/C23H14N4/c24-15-16-10-12-17(13-11-16)20-7-3-9-22(26-20)27-21-8-2-1-5-18(21)19-6-4-14-25-23(19)27/h1-14H. The van der Waals surface area contributed by atoms with E-state index in [1.165, 1.54) is 0 Å². The van der Waals surface area contributed by atoms with Crippen LogP contribution in [0.15, 0.2) is 85.1 Å². The molecule has 0 atom stereocenters. The van der Waals surface area contributed by atoms with Gasteiger partial charge in [-0.15, -0.1) is 0 Å². The molecule has 0 aliphatic heterocycles. The van der Waals surface area contributed by atoms with Gasteiger partial charge in [-0.3, -0.25) is 4.57 Å². The van der Waals surface area contributed by atoms with Gasteiger partial charge in [0.15, 0.2) is 0 Å². The third-order valence-electron chi connectivity index (χ3n) is 4.71. The van der Waals surface area contributed by atoms with E-state index in [1.54, 1.807) is 0 Å². The summed E-state index contributed by atoms with van der Waals surface area (Å²) in [4.78, 5) is 9.49. The molecule has 5 rings (SSSR count). The Morgan fingerprint density at radius 2 is 1.59 bits per heavy atom. The minimum absolute atomic E-state index is 0.640. The van der Waals surface area contributed by atoms with Gasteiger partial charge in [0.05, 0.1) is 22.8 Å². The number of pyridine rings is 2. The maximum atomic E-state index is 8.99. The highest BCUT2D eigenvalue weighted by atomic mass is 15.1. The first-order valence-electron chi connectivity index (χ1n) is 8.67. The van der Waals surface area contributed by atoms with Gasteiger partial charge < -0.3 is 0 Å². The molecule has 0 saturated carbocycles. The maximum Gasteiger partial charge on any atom is 0.146 e. The van der Waals surface area contributed by atoms with Crippen LogP contribution < -0.4 is 0 Å². The molecule has 0 N–H and O–H groups in total. The molecule has 5 aromatic rings. The number of fused-ring (bicyclic) bond motifs is 3. The van der Waals surface area contributed by atoms with Gasteiger partial charge in [-0.05, 0) is 42.5 Å². The molecule has 0 aliphatic rings. The highest BCUT2D eigenvalue weighted by Crippen LogP contribution is 2.30. The average molecular weight is 346 g/mol. The van der Waals surface area contributed by atoms with Crippen LogP contribution in [0.25, 0.3) is 39.0 Å². The maximum absolute atomic E-state index is 8.99. The molecular weight excluding hydrogens is 332 g/mol. The van der Waals surface area contributed by atoms with Crippen molar-refractivity contribution in [3.8, 4) is 23.1 Å². The largest absolute Gasteiger partial charge is 0.278 e. The van der Waals surface area contributed by atoms with Crippen molar-refractivity contribution in [1.82, 2.24) is 14.5 Å². The Bertz CT molecular complexity index is 1270. The zero-order valence-electron chi connectivity index (χ0n) is 14.4. The normalized spacial score (nSPS) is 10.9. The Morgan fingerprint density at radius 3 is 2.44 bits per heavy atom. The summed E-state index contributed by atoms with van der Waals surface area (Å²) in [6.07, 6.45) is 1.81. The number of hydrogen-bond donors (Lipinski definition) is 0. The highest BCUT2D eigenvalue weighted by molar-refractivity contribution is 6.07. The lowest BCUT2D eigenvalue weighted by Crippen LogP contribution is -1.99. The minimum atomic E-state index is 0.640. The van der Waals surface area contributed by atoms with E-state index in [0.29, 0.717) is 5.56 Å². The van der Waals surface area contributed by atoms with Crippen LogP contribution >= 0.6 is 0 Å². The first kappa shape index (κ1) is 15.3. The topological polar surface area (TPSA) is 54.5 Å². The molecule has 0 fully saturated rings. The quantitative estimate of drug-likeness (QED) is 0.446. The number of rotatable bonds is 2. The van der Waals surface area contributed by atoms with Crippen molar-refractivity contribution in [1.29, 1.82) is 5.26 Å². The van der Waals surface area contributed by atoms with Crippen LogP contribution in [-0.2, 0) is 0 Å². The summed E-state index contributed by atoms with van der Waals surface area (Å²) in [7, 11) is 0. The van der Waals surface area contributed by atoms with Crippen molar-refractivity contribution >= 4 is 21.9 Å². The van der Waals surface area contributed by atoms with Crippen molar-refractivity contribution < 1.29 is 0 Å². The fourth-order valence-electron chi connectivity index (χ4n) is 3.45. The number of nitrogens with zero attached hydrogens (tertiary/aromatic N) is 4. The minimum Gasteiger partial charge on any atom is -0.278 e. The molecule has 0 amide bonds. The molecule has 0 radical (unpaired) electrons. The van der Waals surface area contributed by atoms with Gasteiger partial charge in [0, 0.05) is 22.5 Å². The number of aromatic nitrogens is 3. The lowest BCUT2D eigenvalue weighted by Gasteiger charge is -2.08. The highest BCUT2D eigenvalue weighted by Gasteiger charge is 2.13. The van der Waals surface area contributed by atoms with Gasteiger partial charge >= 0.3 is 0 Å². The van der Waals surface area contributed by atoms with Gasteiger partial charge in [0.1, 0.15) is 11.5 Å². The molecule has 0 bridgehead atoms. The van der Waals surface area contributed by atoms with E-state index < -0.39 is 0 Å². The molecule has 3 heterocycles. The van der Waals surface area contributed by atoms with Crippen LogP contribution in [0.3, 0.4) is 0 Å². The van der Waals surface area contributed by atoms with Crippen molar-refractivity contribution in [2.24, 2.45) is 0 Å². The molecule has 3 aromatic heterocycles. The van der Waals surface area contributed by atoms with Gasteiger partial charge in [0.2, 0.25) is 0 Å². The third kappa shape index (κ3) is 2.45. The summed E-state index contributed by atoms with van der Waals surface area (Å²) >= 11 is 0. The fourth-order valence-corrected chi connectivity index (χ4v) is 3.45. The molecule has 126 valence electrons. The van der Waals surface area contributed by atoms with E-state index in [1.807, 2.05) is 66.9 Å². The Labute approximate surface area is 156 Å². The molecule has 2 aromatic carbocycles. The summed E-state index contributed by atoms with van der Waals surface area (Å²) in [5.74, 6) is 0.821. The monoisotopic (exact) mass is 346 g/mol. The fraction of sp³-hybridized carbons (Fsp3) is 0. The molecule has 0 aliphatic carbocycles. The van der Waals surface area contributed by atoms with E-state index in [0.717, 1.165) is 39.0 Å². The van der Waals surface area contributed by atoms with Crippen LogP contribution in [-0.4, -0.2) is 14.5 Å². The van der Waals surface area contributed by atoms with Crippen LogP contribution in [0, 0.1) is 11.3 Å². The number of benzene rings is 2. The smallest absolute Gasteiger partial charge is 0.146 e. The summed E-state index contributed by atoms with van der Waals surface area (Å²) in [5, 5.41) is 11.3.